The fourth-order valence-corrected chi connectivity index (χ4v) is 2.69. The van der Waals surface area contributed by atoms with E-state index in [1.54, 1.807) is 0 Å². The summed E-state index contributed by atoms with van der Waals surface area (Å²) < 4.78 is 0. The van der Waals surface area contributed by atoms with E-state index in [9.17, 15) is 14.7 Å². The third kappa shape index (κ3) is 3.77. The quantitative estimate of drug-likeness (QED) is 0.921. The topological polar surface area (TPSA) is 57.6 Å². The summed E-state index contributed by atoms with van der Waals surface area (Å²) in [5, 5.41) is 9.42. The van der Waals surface area contributed by atoms with Gasteiger partial charge in [0.15, 0.2) is 0 Å². The molecule has 1 amide bonds. The highest BCUT2D eigenvalue weighted by Gasteiger charge is 2.29. The highest BCUT2D eigenvalue weighted by atomic mass is 16.4. The third-order valence-corrected chi connectivity index (χ3v) is 3.89. The van der Waals surface area contributed by atoms with Crippen molar-refractivity contribution in [2.45, 2.75) is 33.2 Å². The average molecular weight is 311 g/mol. The van der Waals surface area contributed by atoms with Gasteiger partial charge in [0.05, 0.1) is 12.1 Å². The molecule has 2 rings (SSSR count). The van der Waals surface area contributed by atoms with E-state index in [1.165, 1.54) is 11.8 Å². The predicted octanol–water partition coefficient (Wildman–Crippen LogP) is 3.35. The molecule has 120 valence electrons. The summed E-state index contributed by atoms with van der Waals surface area (Å²) in [6, 6.07) is 14.1. The highest BCUT2D eigenvalue weighted by molar-refractivity contribution is 6.01. The zero-order valence-electron chi connectivity index (χ0n) is 13.6. The second-order valence-electron chi connectivity index (χ2n) is 5.68. The van der Waals surface area contributed by atoms with Crippen LogP contribution in [0.3, 0.4) is 0 Å². The molecule has 1 atom stereocenters. The van der Waals surface area contributed by atoms with E-state index >= 15 is 0 Å². The van der Waals surface area contributed by atoms with Crippen molar-refractivity contribution in [3.63, 3.8) is 0 Å². The molecule has 1 N–H and O–H groups in total. The molecule has 0 saturated heterocycles. The molecular formula is C19H21NO3. The Morgan fingerprint density at radius 3 is 2.09 bits per heavy atom. The molecule has 23 heavy (non-hydrogen) atoms. The maximum absolute atomic E-state index is 12.8. The number of carbonyl (C=O) groups is 2. The number of carbonyl (C=O) groups excluding carboxylic acids is 1. The van der Waals surface area contributed by atoms with E-state index in [0.29, 0.717) is 5.69 Å². The summed E-state index contributed by atoms with van der Waals surface area (Å²) in [5.74, 6) is -1.24. The number of para-hydroxylation sites is 1. The molecule has 0 saturated carbocycles. The summed E-state index contributed by atoms with van der Waals surface area (Å²) in [4.78, 5) is 25.7. The third-order valence-electron chi connectivity index (χ3n) is 3.89. The van der Waals surface area contributed by atoms with Crippen LogP contribution >= 0.6 is 0 Å². The number of aryl methyl sites for hydroxylation is 2. The molecule has 0 aliphatic heterocycles. The molecule has 0 radical (unpaired) electrons. The number of aliphatic carboxylic acids is 1. The number of hydrogen-bond acceptors (Lipinski definition) is 2. The van der Waals surface area contributed by atoms with Crippen LogP contribution in [0, 0.1) is 13.8 Å². The van der Waals surface area contributed by atoms with Crippen LogP contribution in [0.5, 0.6) is 0 Å². The van der Waals surface area contributed by atoms with Gasteiger partial charge in [0.1, 0.15) is 6.04 Å². The van der Waals surface area contributed by atoms with Gasteiger partial charge in [-0.25, -0.2) is 4.79 Å². The number of nitrogens with zero attached hydrogens (tertiary/aromatic N) is 1. The van der Waals surface area contributed by atoms with Crippen molar-refractivity contribution in [1.29, 1.82) is 0 Å². The van der Waals surface area contributed by atoms with Gasteiger partial charge in [-0.05, 0) is 37.5 Å². The van der Waals surface area contributed by atoms with Gasteiger partial charge in [-0.15, -0.1) is 0 Å². The minimum atomic E-state index is -1.02. The van der Waals surface area contributed by atoms with Gasteiger partial charge in [0.25, 0.3) is 0 Å². The molecule has 4 nitrogen and oxygen atoms in total. The van der Waals surface area contributed by atoms with Crippen LogP contribution < -0.4 is 4.90 Å². The first-order valence-electron chi connectivity index (χ1n) is 7.57. The lowest BCUT2D eigenvalue weighted by Crippen LogP contribution is -2.45. The SMILES string of the molecule is Cc1cccc(C)c1N(C(=O)Cc1ccccc1)[C@@H](C)C(=O)O. The Balaban J connectivity index is 2.42. The summed E-state index contributed by atoms with van der Waals surface area (Å²) in [6.07, 6.45) is 0.173. The van der Waals surface area contributed by atoms with E-state index in [1.807, 2.05) is 62.4 Å². The Kier molecular flexibility index (Phi) is 5.16. The molecule has 4 heteroatoms. The lowest BCUT2D eigenvalue weighted by Gasteiger charge is -2.29. The van der Waals surface area contributed by atoms with E-state index < -0.39 is 12.0 Å². The average Bonchev–Trinajstić information content (AvgIpc) is 2.51. The van der Waals surface area contributed by atoms with Crippen LogP contribution in [-0.2, 0) is 16.0 Å². The lowest BCUT2D eigenvalue weighted by atomic mass is 10.0. The molecule has 0 spiro atoms. The number of carboxylic acid groups (broad SMARTS) is 1. The predicted molar refractivity (Wildman–Crippen MR) is 90.6 cm³/mol. The van der Waals surface area contributed by atoms with Crippen molar-refractivity contribution in [2.75, 3.05) is 4.90 Å². The fourth-order valence-electron chi connectivity index (χ4n) is 2.69. The number of carboxylic acids is 1. The van der Waals surface area contributed by atoms with Crippen molar-refractivity contribution in [2.24, 2.45) is 0 Å². The first-order valence-corrected chi connectivity index (χ1v) is 7.57. The van der Waals surface area contributed by atoms with E-state index in [-0.39, 0.29) is 12.3 Å². The van der Waals surface area contributed by atoms with Crippen molar-refractivity contribution < 1.29 is 14.7 Å². The first-order chi connectivity index (χ1) is 10.9. The van der Waals surface area contributed by atoms with Gasteiger partial charge in [0.2, 0.25) is 5.91 Å². The number of rotatable bonds is 5. The maximum Gasteiger partial charge on any atom is 0.326 e. The fraction of sp³-hybridized carbons (Fsp3) is 0.263. The van der Waals surface area contributed by atoms with Gasteiger partial charge < -0.3 is 5.11 Å². The molecule has 2 aromatic carbocycles. The van der Waals surface area contributed by atoms with Crippen LogP contribution in [0.4, 0.5) is 5.69 Å². The Morgan fingerprint density at radius 1 is 1.00 bits per heavy atom. The molecule has 0 aromatic heterocycles. The van der Waals surface area contributed by atoms with Gasteiger partial charge >= 0.3 is 5.97 Å². The molecular weight excluding hydrogens is 290 g/mol. The molecule has 0 bridgehead atoms. The molecule has 0 aliphatic rings. The maximum atomic E-state index is 12.8. The summed E-state index contributed by atoms with van der Waals surface area (Å²) in [7, 11) is 0. The van der Waals surface area contributed by atoms with Gasteiger partial charge in [-0.3, -0.25) is 9.69 Å². The van der Waals surface area contributed by atoms with Crippen LogP contribution in [0.15, 0.2) is 48.5 Å². The molecule has 2 aromatic rings. The van der Waals surface area contributed by atoms with Crippen molar-refractivity contribution >= 4 is 17.6 Å². The molecule has 0 aliphatic carbocycles. The zero-order chi connectivity index (χ0) is 17.0. The van der Waals surface area contributed by atoms with E-state index in [4.69, 9.17) is 0 Å². The van der Waals surface area contributed by atoms with Crippen LogP contribution in [0.1, 0.15) is 23.6 Å². The highest BCUT2D eigenvalue weighted by Crippen LogP contribution is 2.27. The minimum Gasteiger partial charge on any atom is -0.480 e. The molecule has 0 fully saturated rings. The number of hydrogen-bond donors (Lipinski definition) is 1. The number of amides is 1. The molecule has 0 heterocycles. The van der Waals surface area contributed by atoms with Crippen molar-refractivity contribution in [1.82, 2.24) is 0 Å². The Morgan fingerprint density at radius 2 is 1.57 bits per heavy atom. The van der Waals surface area contributed by atoms with E-state index in [2.05, 4.69) is 0 Å². The standard InChI is InChI=1S/C19H21NO3/c1-13-8-7-9-14(2)18(13)20(15(3)19(22)23)17(21)12-16-10-5-4-6-11-16/h4-11,15H,12H2,1-3H3,(H,22,23)/t15-/m0/s1. The second kappa shape index (κ2) is 7.09. The zero-order valence-corrected chi connectivity index (χ0v) is 13.6. The Labute approximate surface area is 136 Å². The Hall–Kier alpha value is -2.62. The summed E-state index contributed by atoms with van der Waals surface area (Å²) in [6.45, 7) is 5.32. The minimum absolute atomic E-state index is 0.173. The van der Waals surface area contributed by atoms with Gasteiger partial charge in [-0.2, -0.15) is 0 Å². The van der Waals surface area contributed by atoms with E-state index in [0.717, 1.165) is 16.7 Å². The van der Waals surface area contributed by atoms with Gasteiger partial charge in [-0.1, -0.05) is 48.5 Å². The van der Waals surface area contributed by atoms with Crippen LogP contribution in [0.25, 0.3) is 0 Å². The smallest absolute Gasteiger partial charge is 0.326 e. The van der Waals surface area contributed by atoms with Crippen molar-refractivity contribution in [3.8, 4) is 0 Å². The van der Waals surface area contributed by atoms with Crippen molar-refractivity contribution in [3.05, 3.63) is 65.2 Å². The second-order valence-corrected chi connectivity index (χ2v) is 5.68. The Bertz CT molecular complexity index is 690. The largest absolute Gasteiger partial charge is 0.480 e. The number of anilines is 1. The van der Waals surface area contributed by atoms with Crippen LogP contribution in [-0.4, -0.2) is 23.0 Å². The molecule has 0 unspecified atom stereocenters. The summed E-state index contributed by atoms with van der Waals surface area (Å²) in [5.41, 5.74) is 3.33. The normalized spacial score (nSPS) is 11.8. The van der Waals surface area contributed by atoms with Crippen LogP contribution in [0.2, 0.25) is 0 Å². The van der Waals surface area contributed by atoms with Gasteiger partial charge in [0, 0.05) is 0 Å². The lowest BCUT2D eigenvalue weighted by molar-refractivity contribution is -0.139. The summed E-state index contributed by atoms with van der Waals surface area (Å²) >= 11 is 0. The monoisotopic (exact) mass is 311 g/mol. The first kappa shape index (κ1) is 16.7. The number of benzene rings is 2.